The normalized spacial score (nSPS) is 11.7. The molecule has 0 radical (unpaired) electrons. The van der Waals surface area contributed by atoms with Crippen molar-refractivity contribution in [3.63, 3.8) is 0 Å². The van der Waals surface area contributed by atoms with Crippen molar-refractivity contribution in [1.29, 1.82) is 0 Å². The van der Waals surface area contributed by atoms with Crippen LogP contribution < -0.4 is 4.90 Å². The van der Waals surface area contributed by atoms with Gasteiger partial charge >= 0.3 is 0 Å². The third kappa shape index (κ3) is 3.86. The highest BCUT2D eigenvalue weighted by Gasteiger charge is 2.24. The molecule has 2 heterocycles. The summed E-state index contributed by atoms with van der Waals surface area (Å²) in [6.45, 7) is 1.61. The monoisotopic (exact) mass is 444 g/mol. The summed E-state index contributed by atoms with van der Waals surface area (Å²) in [5.41, 5.74) is 0.368. The van der Waals surface area contributed by atoms with E-state index < -0.39 is 21.6 Å². The van der Waals surface area contributed by atoms with E-state index in [0.29, 0.717) is 15.6 Å². The molecule has 0 aliphatic rings. The van der Waals surface area contributed by atoms with Crippen molar-refractivity contribution in [2.75, 3.05) is 10.7 Å². The Balaban J connectivity index is 1.79. The first kappa shape index (κ1) is 20.2. The van der Waals surface area contributed by atoms with Gasteiger partial charge in [0.1, 0.15) is 17.1 Å². The zero-order chi connectivity index (χ0) is 21.3. The number of fused-ring (bicyclic) bond motifs is 1. The van der Waals surface area contributed by atoms with E-state index in [1.165, 1.54) is 46.8 Å². The average Bonchev–Trinajstić information content (AvgIpc) is 3.42. The highest BCUT2D eigenvalue weighted by Crippen LogP contribution is 2.32. The van der Waals surface area contributed by atoms with Gasteiger partial charge in [0.15, 0.2) is 15.0 Å². The fraction of sp³-hybridized carbons (Fsp3) is 0.143. The van der Waals surface area contributed by atoms with Gasteiger partial charge in [0.2, 0.25) is 0 Å². The number of carbonyl (C=O) groups excluding carboxylic acids is 1. The molecule has 154 valence electrons. The van der Waals surface area contributed by atoms with Crippen LogP contribution in [0.2, 0.25) is 0 Å². The lowest BCUT2D eigenvalue weighted by Gasteiger charge is -2.19. The van der Waals surface area contributed by atoms with Crippen LogP contribution in [-0.4, -0.2) is 25.1 Å². The van der Waals surface area contributed by atoms with Crippen LogP contribution in [0.3, 0.4) is 0 Å². The number of furan rings is 1. The number of aromatic nitrogens is 1. The molecule has 0 saturated heterocycles. The van der Waals surface area contributed by atoms with Crippen LogP contribution in [0.5, 0.6) is 0 Å². The maximum absolute atomic E-state index is 14.1. The first-order valence-electron chi connectivity index (χ1n) is 9.11. The van der Waals surface area contributed by atoms with Crippen molar-refractivity contribution in [3.05, 3.63) is 78.0 Å². The van der Waals surface area contributed by atoms with Crippen molar-refractivity contribution < 1.29 is 22.0 Å². The number of nitrogens with zero attached hydrogens (tertiary/aromatic N) is 2. The molecule has 2 aromatic heterocycles. The first-order chi connectivity index (χ1) is 14.4. The maximum atomic E-state index is 14.1. The summed E-state index contributed by atoms with van der Waals surface area (Å²) in [5, 5.41) is 0.292. The third-order valence-electron chi connectivity index (χ3n) is 4.55. The second-order valence-electron chi connectivity index (χ2n) is 6.48. The van der Waals surface area contributed by atoms with Gasteiger partial charge in [0.05, 0.1) is 28.2 Å². The summed E-state index contributed by atoms with van der Waals surface area (Å²) < 4.78 is 44.6. The zero-order valence-corrected chi connectivity index (χ0v) is 17.5. The van der Waals surface area contributed by atoms with Crippen LogP contribution in [0.4, 0.5) is 9.52 Å². The van der Waals surface area contributed by atoms with E-state index in [2.05, 4.69) is 4.98 Å². The molecule has 0 fully saturated rings. The second kappa shape index (κ2) is 8.00. The minimum atomic E-state index is -3.47. The predicted octanol–water partition coefficient (Wildman–Crippen LogP) is 4.67. The molecule has 0 unspecified atom stereocenters. The lowest BCUT2D eigenvalue weighted by atomic mass is 10.2. The molecule has 0 saturated carbocycles. The highest BCUT2D eigenvalue weighted by molar-refractivity contribution is 7.91. The summed E-state index contributed by atoms with van der Waals surface area (Å²) in [5.74, 6) is -0.492. The van der Waals surface area contributed by atoms with Crippen molar-refractivity contribution in [2.24, 2.45) is 0 Å². The van der Waals surface area contributed by atoms with Gasteiger partial charge in [0, 0.05) is 5.56 Å². The lowest BCUT2D eigenvalue weighted by Crippen LogP contribution is -2.30. The molecule has 1 amide bonds. The Morgan fingerprint density at radius 2 is 1.97 bits per heavy atom. The smallest absolute Gasteiger partial charge is 0.260 e. The number of anilines is 1. The molecule has 0 aliphatic carbocycles. The number of halogens is 1. The standard InChI is InChI=1S/C21H17FN2O4S2/c1-2-30(26,27)16-8-3-6-14(12-16)20(25)24(13-15-7-5-11-28-15)21-23-19-17(22)9-4-10-18(19)29-21/h3-12H,2,13H2,1H3. The van der Waals surface area contributed by atoms with Gasteiger partial charge in [-0.15, -0.1) is 0 Å². The molecule has 2 aromatic carbocycles. The van der Waals surface area contributed by atoms with Gasteiger partial charge < -0.3 is 4.42 Å². The van der Waals surface area contributed by atoms with Gasteiger partial charge in [-0.2, -0.15) is 0 Å². The number of amides is 1. The summed E-state index contributed by atoms with van der Waals surface area (Å²) in [6, 6.07) is 13.9. The van der Waals surface area contributed by atoms with Crippen LogP contribution >= 0.6 is 11.3 Å². The SMILES string of the molecule is CCS(=O)(=O)c1cccc(C(=O)N(Cc2ccco2)c2nc3c(F)cccc3s2)c1. The molecule has 0 aliphatic heterocycles. The van der Waals surface area contributed by atoms with E-state index in [9.17, 15) is 17.6 Å². The largest absolute Gasteiger partial charge is 0.467 e. The molecule has 0 spiro atoms. The van der Waals surface area contributed by atoms with E-state index >= 15 is 0 Å². The van der Waals surface area contributed by atoms with Gasteiger partial charge in [-0.25, -0.2) is 17.8 Å². The summed E-state index contributed by atoms with van der Waals surface area (Å²) in [7, 11) is -3.47. The van der Waals surface area contributed by atoms with E-state index in [1.54, 1.807) is 37.3 Å². The Morgan fingerprint density at radius 3 is 2.67 bits per heavy atom. The summed E-state index contributed by atoms with van der Waals surface area (Å²) in [4.78, 5) is 19.1. The number of para-hydroxylation sites is 1. The number of benzene rings is 2. The van der Waals surface area contributed by atoms with Gasteiger partial charge in [-0.05, 0) is 42.5 Å². The number of sulfone groups is 1. The van der Waals surface area contributed by atoms with Crippen LogP contribution in [0, 0.1) is 5.82 Å². The lowest BCUT2D eigenvalue weighted by molar-refractivity contribution is 0.0983. The molecule has 0 N–H and O–H groups in total. The molecule has 0 atom stereocenters. The number of thiazole rings is 1. The molecule has 4 aromatic rings. The van der Waals surface area contributed by atoms with Crippen molar-refractivity contribution in [3.8, 4) is 0 Å². The predicted molar refractivity (Wildman–Crippen MR) is 113 cm³/mol. The Bertz CT molecular complexity index is 1310. The number of rotatable bonds is 6. The quantitative estimate of drug-likeness (QED) is 0.432. The van der Waals surface area contributed by atoms with E-state index in [-0.39, 0.29) is 28.3 Å². The molecule has 0 bridgehead atoms. The zero-order valence-electron chi connectivity index (χ0n) is 15.9. The molecule has 9 heteroatoms. The molecule has 30 heavy (non-hydrogen) atoms. The molecule has 6 nitrogen and oxygen atoms in total. The first-order valence-corrected chi connectivity index (χ1v) is 11.6. The van der Waals surface area contributed by atoms with E-state index in [1.807, 2.05) is 0 Å². The molecule has 4 rings (SSSR count). The Morgan fingerprint density at radius 1 is 1.17 bits per heavy atom. The van der Waals surface area contributed by atoms with Gasteiger partial charge in [0.25, 0.3) is 5.91 Å². The van der Waals surface area contributed by atoms with Crippen molar-refractivity contribution in [1.82, 2.24) is 4.98 Å². The number of hydrogen-bond acceptors (Lipinski definition) is 6. The van der Waals surface area contributed by atoms with Crippen molar-refractivity contribution >= 4 is 42.4 Å². The summed E-state index contributed by atoms with van der Waals surface area (Å²) in [6.07, 6.45) is 1.49. The fourth-order valence-electron chi connectivity index (χ4n) is 2.95. The molecular weight excluding hydrogens is 427 g/mol. The van der Waals surface area contributed by atoms with Gasteiger partial charge in [-0.3, -0.25) is 9.69 Å². The minimum absolute atomic E-state index is 0.0675. The number of hydrogen-bond donors (Lipinski definition) is 0. The Hall–Kier alpha value is -3.04. The highest BCUT2D eigenvalue weighted by atomic mass is 32.2. The topological polar surface area (TPSA) is 80.5 Å². The maximum Gasteiger partial charge on any atom is 0.260 e. The third-order valence-corrected chi connectivity index (χ3v) is 7.32. The summed E-state index contributed by atoms with van der Waals surface area (Å²) >= 11 is 1.17. The Kier molecular flexibility index (Phi) is 5.40. The number of carbonyl (C=O) groups is 1. The van der Waals surface area contributed by atoms with Crippen LogP contribution in [0.1, 0.15) is 23.0 Å². The van der Waals surface area contributed by atoms with Crippen molar-refractivity contribution in [2.45, 2.75) is 18.4 Å². The second-order valence-corrected chi connectivity index (χ2v) is 9.77. The van der Waals surface area contributed by atoms with Crippen LogP contribution in [-0.2, 0) is 16.4 Å². The molecular formula is C21H17FN2O4S2. The fourth-order valence-corrected chi connectivity index (χ4v) is 4.85. The van der Waals surface area contributed by atoms with E-state index in [0.717, 1.165) is 0 Å². The average molecular weight is 445 g/mol. The van der Waals surface area contributed by atoms with Crippen LogP contribution in [0.15, 0.2) is 70.2 Å². The van der Waals surface area contributed by atoms with Crippen LogP contribution in [0.25, 0.3) is 10.2 Å². The Labute approximate surface area is 176 Å². The van der Waals surface area contributed by atoms with E-state index in [4.69, 9.17) is 4.42 Å². The minimum Gasteiger partial charge on any atom is -0.467 e. The van der Waals surface area contributed by atoms with Gasteiger partial charge in [-0.1, -0.05) is 30.4 Å².